The minimum absolute atomic E-state index is 0.000590. The number of hydrogen-bond donors (Lipinski definition) is 1. The average molecular weight is 420 g/mol. The van der Waals surface area contributed by atoms with E-state index < -0.39 is 4.92 Å². The fourth-order valence-corrected chi connectivity index (χ4v) is 3.30. The zero-order valence-corrected chi connectivity index (χ0v) is 17.4. The Hall–Kier alpha value is -3.94. The van der Waals surface area contributed by atoms with Crippen LogP contribution < -0.4 is 5.32 Å². The van der Waals surface area contributed by atoms with Crippen molar-refractivity contribution >= 4 is 40.2 Å². The molecule has 0 aliphatic heterocycles. The first-order valence-electron chi connectivity index (χ1n) is 10.0. The molecule has 2 aromatic carbocycles. The van der Waals surface area contributed by atoms with Crippen molar-refractivity contribution in [3.63, 3.8) is 0 Å². The summed E-state index contributed by atoms with van der Waals surface area (Å²) in [5, 5.41) is 14.4. The summed E-state index contributed by atoms with van der Waals surface area (Å²) in [5.74, 6) is -0.245. The molecule has 0 saturated carbocycles. The van der Waals surface area contributed by atoms with Gasteiger partial charge in [-0.25, -0.2) is 0 Å². The monoisotopic (exact) mass is 420 g/mol. The first-order valence-corrected chi connectivity index (χ1v) is 10.0. The quantitative estimate of drug-likeness (QED) is 0.337. The molecular formula is C23H24N4O4. The van der Waals surface area contributed by atoms with E-state index in [2.05, 4.69) is 5.32 Å². The summed E-state index contributed by atoms with van der Waals surface area (Å²) in [6, 6.07) is 13.4. The van der Waals surface area contributed by atoms with Crippen LogP contribution in [0.15, 0.2) is 60.8 Å². The highest BCUT2D eigenvalue weighted by molar-refractivity contribution is 6.03. The van der Waals surface area contributed by atoms with Gasteiger partial charge in [-0.3, -0.25) is 19.7 Å². The van der Waals surface area contributed by atoms with E-state index >= 15 is 0 Å². The summed E-state index contributed by atoms with van der Waals surface area (Å²) in [5.41, 5.74) is 2.24. The number of hydrogen-bond acceptors (Lipinski definition) is 4. The molecule has 1 aromatic heterocycles. The molecule has 0 aliphatic rings. The first-order chi connectivity index (χ1) is 14.9. The number of benzene rings is 2. The van der Waals surface area contributed by atoms with Gasteiger partial charge in [0.2, 0.25) is 11.8 Å². The van der Waals surface area contributed by atoms with Gasteiger partial charge in [-0.2, -0.15) is 0 Å². The summed E-state index contributed by atoms with van der Waals surface area (Å²) < 4.78 is 1.90. The minimum atomic E-state index is -0.469. The maximum Gasteiger partial charge on any atom is 0.269 e. The number of nitrogens with zero attached hydrogens (tertiary/aromatic N) is 3. The number of non-ortho nitro benzene ring substituents is 1. The van der Waals surface area contributed by atoms with Crippen LogP contribution in [0.4, 0.5) is 11.4 Å². The lowest BCUT2D eigenvalue weighted by molar-refractivity contribution is -0.384. The molecule has 160 valence electrons. The van der Waals surface area contributed by atoms with Gasteiger partial charge in [0.25, 0.3) is 5.69 Å². The van der Waals surface area contributed by atoms with Crippen LogP contribution in [0.2, 0.25) is 0 Å². The van der Waals surface area contributed by atoms with Gasteiger partial charge in [-0.05, 0) is 61.9 Å². The van der Waals surface area contributed by atoms with Crippen molar-refractivity contribution in [2.45, 2.75) is 20.4 Å². The number of likely N-dealkylation sites (N-methyl/N-ethyl adjacent to an activating group) is 1. The molecule has 0 saturated heterocycles. The predicted octanol–water partition coefficient (Wildman–Crippen LogP) is 4.07. The van der Waals surface area contributed by atoms with E-state index in [0.717, 1.165) is 10.9 Å². The number of carbonyl (C=O) groups is 2. The van der Waals surface area contributed by atoms with Crippen LogP contribution in [0.25, 0.3) is 17.0 Å². The van der Waals surface area contributed by atoms with Crippen LogP contribution in [0.3, 0.4) is 0 Å². The Morgan fingerprint density at radius 1 is 1.10 bits per heavy atom. The standard InChI is InChI=1S/C23H24N4O4/c1-3-25(4-2)23(29)16-26-14-13-18-15-19(8-11-21(18)26)24-22(28)12-7-17-5-9-20(10-6-17)27(30)31/h5-15H,3-4,16H2,1-2H3,(H,24,28)/b12-7+. The average Bonchev–Trinajstić information content (AvgIpc) is 3.15. The second-order valence-corrected chi connectivity index (χ2v) is 6.95. The van der Waals surface area contributed by atoms with Crippen molar-refractivity contribution < 1.29 is 14.5 Å². The van der Waals surface area contributed by atoms with E-state index in [-0.39, 0.29) is 24.0 Å². The molecule has 0 spiro atoms. The minimum Gasteiger partial charge on any atom is -0.342 e. The Balaban J connectivity index is 1.66. The Labute approximate surface area is 179 Å². The molecule has 0 bridgehead atoms. The highest BCUT2D eigenvalue weighted by Crippen LogP contribution is 2.21. The van der Waals surface area contributed by atoms with Gasteiger partial charge < -0.3 is 14.8 Å². The SMILES string of the molecule is CCN(CC)C(=O)Cn1ccc2cc(NC(=O)/C=C/c3ccc([N+](=O)[O-])cc3)ccc21. The number of nitro benzene ring substituents is 1. The Morgan fingerprint density at radius 2 is 1.81 bits per heavy atom. The highest BCUT2D eigenvalue weighted by Gasteiger charge is 2.12. The molecule has 1 heterocycles. The van der Waals surface area contributed by atoms with Crippen LogP contribution in [-0.2, 0) is 16.1 Å². The fourth-order valence-electron chi connectivity index (χ4n) is 3.30. The molecule has 0 aliphatic carbocycles. The number of nitrogens with one attached hydrogen (secondary N) is 1. The summed E-state index contributed by atoms with van der Waals surface area (Å²) >= 11 is 0. The molecule has 1 N–H and O–H groups in total. The zero-order valence-electron chi connectivity index (χ0n) is 17.4. The van der Waals surface area contributed by atoms with Crippen LogP contribution in [0, 0.1) is 10.1 Å². The Morgan fingerprint density at radius 3 is 2.45 bits per heavy atom. The van der Waals surface area contributed by atoms with Gasteiger partial charge in [0.15, 0.2) is 0 Å². The van der Waals surface area contributed by atoms with Gasteiger partial charge in [0.05, 0.1) is 4.92 Å². The van der Waals surface area contributed by atoms with Crippen molar-refractivity contribution in [3.8, 4) is 0 Å². The normalized spacial score (nSPS) is 11.0. The van der Waals surface area contributed by atoms with Crippen LogP contribution in [0.5, 0.6) is 0 Å². The zero-order chi connectivity index (χ0) is 22.4. The molecule has 3 rings (SSSR count). The summed E-state index contributed by atoms with van der Waals surface area (Å²) in [6.07, 6.45) is 4.83. The molecule has 0 fully saturated rings. The Kier molecular flexibility index (Phi) is 6.81. The third-order valence-corrected chi connectivity index (χ3v) is 4.99. The molecule has 8 heteroatoms. The predicted molar refractivity (Wildman–Crippen MR) is 121 cm³/mol. The van der Waals surface area contributed by atoms with Crippen molar-refractivity contribution in [2.75, 3.05) is 18.4 Å². The van der Waals surface area contributed by atoms with E-state index in [1.165, 1.54) is 18.2 Å². The summed E-state index contributed by atoms with van der Waals surface area (Å²) in [4.78, 5) is 36.6. The topological polar surface area (TPSA) is 97.5 Å². The molecule has 0 radical (unpaired) electrons. The van der Waals surface area contributed by atoms with Crippen LogP contribution >= 0.6 is 0 Å². The number of amides is 2. The van der Waals surface area contributed by atoms with Gasteiger partial charge in [0, 0.05) is 54.1 Å². The van der Waals surface area contributed by atoms with E-state index in [0.29, 0.717) is 24.3 Å². The third-order valence-electron chi connectivity index (χ3n) is 4.99. The first kappa shape index (κ1) is 21.8. The van der Waals surface area contributed by atoms with Gasteiger partial charge >= 0.3 is 0 Å². The second-order valence-electron chi connectivity index (χ2n) is 6.95. The van der Waals surface area contributed by atoms with Crippen molar-refractivity contribution in [1.82, 2.24) is 9.47 Å². The molecule has 2 amide bonds. The van der Waals surface area contributed by atoms with Crippen LogP contribution in [0.1, 0.15) is 19.4 Å². The van der Waals surface area contributed by atoms with Gasteiger partial charge in [-0.1, -0.05) is 0 Å². The summed E-state index contributed by atoms with van der Waals surface area (Å²) in [7, 11) is 0. The lowest BCUT2D eigenvalue weighted by Gasteiger charge is -2.19. The second kappa shape index (κ2) is 9.71. The van der Waals surface area contributed by atoms with Crippen molar-refractivity contribution in [1.29, 1.82) is 0 Å². The van der Waals surface area contributed by atoms with Crippen LogP contribution in [-0.4, -0.2) is 39.3 Å². The third kappa shape index (κ3) is 5.36. The lowest BCUT2D eigenvalue weighted by atomic mass is 10.2. The number of fused-ring (bicyclic) bond motifs is 1. The number of carbonyl (C=O) groups excluding carboxylic acids is 2. The largest absolute Gasteiger partial charge is 0.342 e. The lowest BCUT2D eigenvalue weighted by Crippen LogP contribution is -2.33. The van der Waals surface area contributed by atoms with Gasteiger partial charge in [0.1, 0.15) is 6.54 Å². The Bertz CT molecular complexity index is 1130. The molecule has 0 unspecified atom stereocenters. The van der Waals surface area contributed by atoms with Crippen molar-refractivity contribution in [3.05, 3.63) is 76.5 Å². The molecule has 3 aromatic rings. The molecular weight excluding hydrogens is 396 g/mol. The smallest absolute Gasteiger partial charge is 0.269 e. The van der Waals surface area contributed by atoms with E-state index in [1.54, 1.807) is 29.2 Å². The van der Waals surface area contributed by atoms with E-state index in [4.69, 9.17) is 0 Å². The number of nitro groups is 1. The molecule has 8 nitrogen and oxygen atoms in total. The highest BCUT2D eigenvalue weighted by atomic mass is 16.6. The maximum atomic E-state index is 12.4. The number of rotatable bonds is 8. The number of anilines is 1. The molecule has 0 atom stereocenters. The fraction of sp³-hybridized carbons (Fsp3) is 0.217. The van der Waals surface area contributed by atoms with Crippen molar-refractivity contribution in [2.24, 2.45) is 0 Å². The summed E-state index contributed by atoms with van der Waals surface area (Å²) in [6.45, 7) is 5.55. The number of aromatic nitrogens is 1. The van der Waals surface area contributed by atoms with E-state index in [9.17, 15) is 19.7 Å². The van der Waals surface area contributed by atoms with E-state index in [1.807, 2.05) is 42.8 Å². The maximum absolute atomic E-state index is 12.4. The van der Waals surface area contributed by atoms with Gasteiger partial charge in [-0.15, -0.1) is 0 Å². The molecule has 31 heavy (non-hydrogen) atoms.